The standard InChI is InChI=1S/C27H33N3O.BrH/c1-20(2)19-29-16-17-30(21(29)3)25-15-14-24(18-25)27(26(28)31,22-10-6-4-7-11-22)23-12-8-5-9-13-23;/h4-13,16-17,20,24-25H,14-15,18-19H2,1-3H3,(H-,28,31);1H/t24-,25+;/m1./s1. The Morgan fingerprint density at radius 3 is 2.12 bits per heavy atom. The number of nitrogens with zero attached hydrogens (tertiary/aromatic N) is 2. The van der Waals surface area contributed by atoms with Crippen LogP contribution in [0.3, 0.4) is 0 Å². The summed E-state index contributed by atoms with van der Waals surface area (Å²) in [4.78, 5) is 13.3. The lowest BCUT2D eigenvalue weighted by molar-refractivity contribution is -0.707. The second kappa shape index (κ2) is 10.0. The van der Waals surface area contributed by atoms with E-state index in [9.17, 15) is 4.79 Å². The topological polar surface area (TPSA) is 51.9 Å². The van der Waals surface area contributed by atoms with E-state index in [0.717, 1.165) is 36.9 Å². The van der Waals surface area contributed by atoms with Crippen LogP contribution in [-0.4, -0.2) is 10.5 Å². The molecule has 3 aromatic rings. The van der Waals surface area contributed by atoms with Crippen LogP contribution in [0.25, 0.3) is 0 Å². The molecule has 32 heavy (non-hydrogen) atoms. The van der Waals surface area contributed by atoms with E-state index >= 15 is 0 Å². The number of carbonyl (C=O) groups is 1. The minimum Gasteiger partial charge on any atom is -1.00 e. The average molecular weight is 496 g/mol. The highest BCUT2D eigenvalue weighted by Gasteiger charge is 2.51. The number of carbonyl (C=O) groups excluding carboxylic acids is 1. The van der Waals surface area contributed by atoms with E-state index in [1.54, 1.807) is 0 Å². The summed E-state index contributed by atoms with van der Waals surface area (Å²) in [7, 11) is 0. The van der Waals surface area contributed by atoms with E-state index in [1.165, 1.54) is 5.82 Å². The molecule has 2 N–H and O–H groups in total. The fraction of sp³-hybridized carbons (Fsp3) is 0.407. The quantitative estimate of drug-likeness (QED) is 0.496. The largest absolute Gasteiger partial charge is 1.00 e. The molecule has 1 aliphatic rings. The third kappa shape index (κ3) is 4.27. The summed E-state index contributed by atoms with van der Waals surface area (Å²) in [6.45, 7) is 7.71. The van der Waals surface area contributed by atoms with Gasteiger partial charge >= 0.3 is 0 Å². The van der Waals surface area contributed by atoms with Crippen molar-refractivity contribution in [1.82, 2.24) is 4.57 Å². The number of halogens is 1. The van der Waals surface area contributed by atoms with Crippen molar-refractivity contribution in [2.45, 2.75) is 58.0 Å². The first-order valence-electron chi connectivity index (χ1n) is 11.4. The van der Waals surface area contributed by atoms with Gasteiger partial charge in [0.2, 0.25) is 5.91 Å². The first-order chi connectivity index (χ1) is 14.9. The third-order valence-corrected chi connectivity index (χ3v) is 7.02. The number of hydrogen-bond donors (Lipinski definition) is 1. The third-order valence-electron chi connectivity index (χ3n) is 7.02. The van der Waals surface area contributed by atoms with E-state index in [1.807, 2.05) is 36.4 Å². The molecule has 1 aromatic heterocycles. The maximum atomic E-state index is 13.3. The molecule has 0 saturated heterocycles. The van der Waals surface area contributed by atoms with Crippen LogP contribution in [0, 0.1) is 18.8 Å². The van der Waals surface area contributed by atoms with Crippen molar-refractivity contribution >= 4 is 5.91 Å². The van der Waals surface area contributed by atoms with E-state index in [-0.39, 0.29) is 28.8 Å². The molecule has 170 valence electrons. The molecule has 1 amide bonds. The van der Waals surface area contributed by atoms with Crippen LogP contribution in [0.15, 0.2) is 73.1 Å². The van der Waals surface area contributed by atoms with Gasteiger partial charge < -0.3 is 22.7 Å². The van der Waals surface area contributed by atoms with Crippen LogP contribution in [0.2, 0.25) is 0 Å². The Kier molecular flexibility index (Phi) is 7.60. The predicted molar refractivity (Wildman–Crippen MR) is 123 cm³/mol. The van der Waals surface area contributed by atoms with Crippen LogP contribution in [0.4, 0.5) is 0 Å². The molecule has 5 heteroatoms. The smallest absolute Gasteiger partial charge is 0.253 e. The number of hydrogen-bond acceptors (Lipinski definition) is 1. The number of imidazole rings is 1. The molecule has 1 aliphatic carbocycles. The number of aromatic nitrogens is 2. The molecule has 4 rings (SSSR count). The summed E-state index contributed by atoms with van der Waals surface area (Å²) in [5.41, 5.74) is 7.42. The lowest BCUT2D eigenvalue weighted by atomic mass is 9.64. The Bertz CT molecular complexity index is 990. The van der Waals surface area contributed by atoms with Gasteiger partial charge in [0.25, 0.3) is 5.82 Å². The van der Waals surface area contributed by atoms with Gasteiger partial charge in [-0.3, -0.25) is 4.79 Å². The zero-order valence-corrected chi connectivity index (χ0v) is 20.8. The van der Waals surface area contributed by atoms with Gasteiger partial charge in [0.15, 0.2) is 0 Å². The molecule has 0 bridgehead atoms. The molecule has 1 heterocycles. The number of primary amides is 1. The van der Waals surface area contributed by atoms with Crippen molar-refractivity contribution in [3.63, 3.8) is 0 Å². The molecule has 2 aromatic carbocycles. The molecule has 2 atom stereocenters. The Morgan fingerprint density at radius 1 is 1.06 bits per heavy atom. The number of rotatable bonds is 7. The van der Waals surface area contributed by atoms with Crippen LogP contribution < -0.4 is 27.3 Å². The van der Waals surface area contributed by atoms with Crippen molar-refractivity contribution in [3.05, 3.63) is 90.0 Å². The second-order valence-corrected chi connectivity index (χ2v) is 9.37. The lowest BCUT2D eigenvalue weighted by Crippen LogP contribution is -3.00. The zero-order chi connectivity index (χ0) is 22.0. The summed E-state index contributed by atoms with van der Waals surface area (Å²) < 4.78 is 4.75. The lowest BCUT2D eigenvalue weighted by Gasteiger charge is -2.37. The van der Waals surface area contributed by atoms with E-state index < -0.39 is 5.41 Å². The molecule has 0 aliphatic heterocycles. The first kappa shape index (κ1) is 24.2. The number of amides is 1. The Labute approximate surface area is 202 Å². The van der Waals surface area contributed by atoms with E-state index in [0.29, 0.717) is 12.0 Å². The van der Waals surface area contributed by atoms with Gasteiger partial charge in [-0.25, -0.2) is 9.13 Å². The molecule has 1 fully saturated rings. The molecular weight excluding hydrogens is 462 g/mol. The van der Waals surface area contributed by atoms with Crippen LogP contribution in [-0.2, 0) is 16.8 Å². The van der Waals surface area contributed by atoms with Gasteiger partial charge in [0.05, 0.1) is 6.54 Å². The van der Waals surface area contributed by atoms with Crippen molar-refractivity contribution in [2.24, 2.45) is 17.6 Å². The Balaban J connectivity index is 0.00000289. The molecule has 0 spiro atoms. The van der Waals surface area contributed by atoms with Gasteiger partial charge in [0.1, 0.15) is 23.9 Å². The van der Waals surface area contributed by atoms with Crippen LogP contribution >= 0.6 is 0 Å². The maximum absolute atomic E-state index is 13.3. The van der Waals surface area contributed by atoms with E-state index in [2.05, 4.69) is 66.6 Å². The maximum Gasteiger partial charge on any atom is 0.253 e. The van der Waals surface area contributed by atoms with Gasteiger partial charge in [0, 0.05) is 6.92 Å². The highest BCUT2D eigenvalue weighted by Crippen LogP contribution is 2.49. The fourth-order valence-electron chi connectivity index (χ4n) is 5.62. The molecule has 0 unspecified atom stereocenters. The normalized spacial score (nSPS) is 18.5. The molecular formula is C27H34BrN3O. The fourth-order valence-corrected chi connectivity index (χ4v) is 5.62. The van der Waals surface area contributed by atoms with Crippen molar-refractivity contribution in [3.8, 4) is 0 Å². The summed E-state index contributed by atoms with van der Waals surface area (Å²) in [5.74, 6) is 1.78. The molecule has 1 saturated carbocycles. The van der Waals surface area contributed by atoms with Gasteiger partial charge in [-0.05, 0) is 42.2 Å². The van der Waals surface area contributed by atoms with Gasteiger partial charge in [-0.1, -0.05) is 74.5 Å². The highest BCUT2D eigenvalue weighted by atomic mass is 79.9. The summed E-state index contributed by atoms with van der Waals surface area (Å²) in [6.07, 6.45) is 7.36. The van der Waals surface area contributed by atoms with Crippen molar-refractivity contribution < 1.29 is 26.3 Å². The van der Waals surface area contributed by atoms with Gasteiger partial charge in [-0.2, -0.15) is 0 Å². The summed E-state index contributed by atoms with van der Waals surface area (Å²) >= 11 is 0. The molecule has 0 radical (unpaired) electrons. The number of benzene rings is 2. The van der Waals surface area contributed by atoms with E-state index in [4.69, 9.17) is 5.73 Å². The summed E-state index contributed by atoms with van der Waals surface area (Å²) in [5, 5.41) is 0. The minimum atomic E-state index is -0.813. The highest BCUT2D eigenvalue weighted by molar-refractivity contribution is 5.91. The first-order valence-corrected chi connectivity index (χ1v) is 11.4. The Morgan fingerprint density at radius 2 is 1.62 bits per heavy atom. The SMILES string of the molecule is Cc1n([C@H]2CC[C@@H](C(C(N)=O)(c3ccccc3)c3ccccc3)C2)cc[n+]1CC(C)C.[Br-]. The predicted octanol–water partition coefficient (Wildman–Crippen LogP) is 1.56. The second-order valence-electron chi connectivity index (χ2n) is 9.37. The van der Waals surface area contributed by atoms with Crippen LogP contribution in [0.5, 0.6) is 0 Å². The van der Waals surface area contributed by atoms with Crippen molar-refractivity contribution in [2.75, 3.05) is 0 Å². The number of nitrogens with two attached hydrogens (primary N) is 1. The van der Waals surface area contributed by atoms with Crippen molar-refractivity contribution in [1.29, 1.82) is 0 Å². The summed E-state index contributed by atoms with van der Waals surface area (Å²) in [6, 6.07) is 20.6. The molecule has 4 nitrogen and oxygen atoms in total. The van der Waals surface area contributed by atoms with Crippen LogP contribution in [0.1, 0.15) is 56.1 Å². The average Bonchev–Trinajstić information content (AvgIpc) is 3.37. The van der Waals surface area contributed by atoms with Gasteiger partial charge in [-0.15, -0.1) is 0 Å². The minimum absolute atomic E-state index is 0. The Hall–Kier alpha value is -2.40. The zero-order valence-electron chi connectivity index (χ0n) is 19.2. The monoisotopic (exact) mass is 495 g/mol.